The van der Waals surface area contributed by atoms with Crippen LogP contribution in [0, 0.1) is 5.92 Å². The first-order valence-electron chi connectivity index (χ1n) is 5.88. The van der Waals surface area contributed by atoms with Gasteiger partial charge in [-0.1, -0.05) is 31.4 Å². The summed E-state index contributed by atoms with van der Waals surface area (Å²) in [6.07, 6.45) is 5.26. The highest BCUT2D eigenvalue weighted by molar-refractivity contribution is 9.10. The Hall–Kier alpha value is 0.430. The van der Waals surface area contributed by atoms with E-state index in [0.717, 1.165) is 21.3 Å². The molecule has 1 aromatic rings. The molecule has 1 nitrogen and oxygen atoms in total. The number of hydrogen-bond donors (Lipinski definition) is 1. The van der Waals surface area contributed by atoms with Gasteiger partial charge < -0.3 is 5.32 Å². The third-order valence-electron chi connectivity index (χ3n) is 2.91. The van der Waals surface area contributed by atoms with Crippen molar-refractivity contribution >= 4 is 38.9 Å². The number of thiophene rings is 1. The van der Waals surface area contributed by atoms with Crippen LogP contribution in [0.4, 0.5) is 0 Å². The molecule has 0 spiro atoms. The molecule has 1 saturated carbocycles. The van der Waals surface area contributed by atoms with Gasteiger partial charge in [0, 0.05) is 15.4 Å². The fourth-order valence-corrected chi connectivity index (χ4v) is 3.67. The molecule has 1 heterocycles. The van der Waals surface area contributed by atoms with Gasteiger partial charge in [-0.3, -0.25) is 0 Å². The van der Waals surface area contributed by atoms with E-state index in [1.54, 1.807) is 11.3 Å². The number of nitrogens with one attached hydrogen (secondary N) is 1. The summed E-state index contributed by atoms with van der Waals surface area (Å²) in [7, 11) is 0. The summed E-state index contributed by atoms with van der Waals surface area (Å²) in [6.45, 7) is 3.29. The molecular formula is C12H17BrClNS. The van der Waals surface area contributed by atoms with Crippen LogP contribution in [0.3, 0.4) is 0 Å². The maximum Gasteiger partial charge on any atom is 0.107 e. The molecule has 0 aliphatic heterocycles. The molecule has 0 amide bonds. The minimum absolute atomic E-state index is 0.501. The second-order valence-corrected chi connectivity index (χ2v) is 7.00. The Morgan fingerprint density at radius 1 is 1.62 bits per heavy atom. The molecule has 1 aromatic heterocycles. The lowest BCUT2D eigenvalue weighted by Crippen LogP contribution is -2.21. The van der Waals surface area contributed by atoms with Crippen LogP contribution in [-0.4, -0.2) is 6.54 Å². The monoisotopic (exact) mass is 321 g/mol. The molecule has 1 unspecified atom stereocenters. The lowest BCUT2D eigenvalue weighted by Gasteiger charge is -2.16. The summed E-state index contributed by atoms with van der Waals surface area (Å²) in [5, 5.41) is 3.63. The van der Waals surface area contributed by atoms with Crippen molar-refractivity contribution in [3.8, 4) is 0 Å². The van der Waals surface area contributed by atoms with Gasteiger partial charge >= 0.3 is 0 Å². The van der Waals surface area contributed by atoms with E-state index in [2.05, 4.69) is 34.2 Å². The van der Waals surface area contributed by atoms with Gasteiger partial charge in [0.05, 0.1) is 0 Å². The highest BCUT2D eigenvalue weighted by Gasteiger charge is 2.27. The number of halogens is 2. The van der Waals surface area contributed by atoms with E-state index in [-0.39, 0.29) is 0 Å². The third-order valence-corrected chi connectivity index (χ3v) is 5.50. The van der Waals surface area contributed by atoms with E-state index in [0.29, 0.717) is 6.04 Å². The highest BCUT2D eigenvalue weighted by atomic mass is 79.9. The molecule has 1 atom stereocenters. The van der Waals surface area contributed by atoms with Crippen molar-refractivity contribution in [1.29, 1.82) is 0 Å². The first-order valence-corrected chi connectivity index (χ1v) is 7.87. The first kappa shape index (κ1) is 12.9. The molecule has 2 rings (SSSR count). The summed E-state index contributed by atoms with van der Waals surface area (Å²) in [5.74, 6) is 0.939. The average molecular weight is 323 g/mol. The van der Waals surface area contributed by atoms with Gasteiger partial charge in [0.25, 0.3) is 0 Å². The van der Waals surface area contributed by atoms with E-state index in [4.69, 9.17) is 11.6 Å². The zero-order valence-electron chi connectivity index (χ0n) is 9.43. The normalized spacial score (nSPS) is 17.7. The minimum Gasteiger partial charge on any atom is -0.309 e. The zero-order valence-corrected chi connectivity index (χ0v) is 12.6. The van der Waals surface area contributed by atoms with Gasteiger partial charge in [0.2, 0.25) is 0 Å². The van der Waals surface area contributed by atoms with Crippen LogP contribution in [0.25, 0.3) is 0 Å². The molecular weight excluding hydrogens is 306 g/mol. The quantitative estimate of drug-likeness (QED) is 0.776. The zero-order chi connectivity index (χ0) is 11.5. The molecule has 16 heavy (non-hydrogen) atoms. The Morgan fingerprint density at radius 3 is 2.88 bits per heavy atom. The summed E-state index contributed by atoms with van der Waals surface area (Å²) in [5.41, 5.74) is 0. The lowest BCUT2D eigenvalue weighted by molar-refractivity contribution is 0.480. The fraction of sp³-hybridized carbons (Fsp3) is 0.667. The second kappa shape index (κ2) is 5.85. The van der Waals surface area contributed by atoms with Gasteiger partial charge in [-0.05, 0) is 47.3 Å². The van der Waals surface area contributed by atoms with Crippen LogP contribution in [0.15, 0.2) is 10.5 Å². The summed E-state index contributed by atoms with van der Waals surface area (Å²) < 4.78 is 1.90. The topological polar surface area (TPSA) is 12.0 Å². The predicted octanol–water partition coefficient (Wildman–Crippen LogP) is 5.00. The van der Waals surface area contributed by atoms with Crippen LogP contribution in [-0.2, 0) is 0 Å². The molecule has 0 aromatic carbocycles. The van der Waals surface area contributed by atoms with Crippen LogP contribution in [0.2, 0.25) is 4.34 Å². The average Bonchev–Trinajstić information content (AvgIpc) is 3.01. The summed E-state index contributed by atoms with van der Waals surface area (Å²) in [6, 6.07) is 2.67. The number of rotatable bonds is 6. The largest absolute Gasteiger partial charge is 0.309 e. The van der Waals surface area contributed by atoms with Crippen molar-refractivity contribution in [2.45, 2.75) is 38.6 Å². The summed E-state index contributed by atoms with van der Waals surface area (Å²) in [4.78, 5) is 1.37. The molecule has 4 heteroatoms. The molecule has 1 aliphatic carbocycles. The van der Waals surface area contributed by atoms with Crippen LogP contribution in [0.5, 0.6) is 0 Å². The Balaban J connectivity index is 2.03. The van der Waals surface area contributed by atoms with E-state index in [1.165, 1.54) is 30.6 Å². The second-order valence-electron chi connectivity index (χ2n) is 4.46. The fourth-order valence-electron chi connectivity index (χ4n) is 1.84. The maximum absolute atomic E-state index is 6.10. The smallest absolute Gasteiger partial charge is 0.107 e. The highest BCUT2D eigenvalue weighted by Crippen LogP contribution is 2.41. The van der Waals surface area contributed by atoms with Crippen molar-refractivity contribution in [3.05, 3.63) is 19.8 Å². The molecule has 1 aliphatic rings. The van der Waals surface area contributed by atoms with Crippen LogP contribution in [0.1, 0.15) is 43.5 Å². The van der Waals surface area contributed by atoms with Crippen molar-refractivity contribution in [3.63, 3.8) is 0 Å². The van der Waals surface area contributed by atoms with Gasteiger partial charge in [-0.2, -0.15) is 0 Å². The minimum atomic E-state index is 0.501. The molecule has 0 bridgehead atoms. The predicted molar refractivity (Wildman–Crippen MR) is 75.4 cm³/mol. The first-order chi connectivity index (χ1) is 7.70. The standard InChI is InChI=1S/C12H17BrClNS/c1-2-5-15-10(6-8-3-4-8)11-7-9(13)12(14)16-11/h7-8,10,15H,2-6H2,1H3. The molecule has 90 valence electrons. The Bertz CT molecular complexity index is 329. The van der Waals surface area contributed by atoms with Gasteiger partial charge in [-0.25, -0.2) is 0 Å². The number of hydrogen-bond acceptors (Lipinski definition) is 2. The SMILES string of the molecule is CCCNC(CC1CC1)c1cc(Br)c(Cl)s1. The van der Waals surface area contributed by atoms with Gasteiger partial charge in [0.15, 0.2) is 0 Å². The third kappa shape index (κ3) is 3.46. The van der Waals surface area contributed by atoms with E-state index >= 15 is 0 Å². The Labute approximate surface area is 115 Å². The molecule has 1 fully saturated rings. The molecule has 0 radical (unpaired) electrons. The Morgan fingerprint density at radius 2 is 2.38 bits per heavy atom. The van der Waals surface area contributed by atoms with Crippen molar-refractivity contribution in [1.82, 2.24) is 5.32 Å². The van der Waals surface area contributed by atoms with Crippen LogP contribution < -0.4 is 5.32 Å². The van der Waals surface area contributed by atoms with Crippen LogP contribution >= 0.6 is 38.9 Å². The van der Waals surface area contributed by atoms with E-state index in [9.17, 15) is 0 Å². The van der Waals surface area contributed by atoms with Crippen molar-refractivity contribution in [2.24, 2.45) is 5.92 Å². The van der Waals surface area contributed by atoms with E-state index < -0.39 is 0 Å². The van der Waals surface area contributed by atoms with Gasteiger partial charge in [-0.15, -0.1) is 11.3 Å². The molecule has 1 N–H and O–H groups in total. The lowest BCUT2D eigenvalue weighted by atomic mass is 10.1. The summed E-state index contributed by atoms with van der Waals surface area (Å²) >= 11 is 11.3. The maximum atomic E-state index is 6.10. The van der Waals surface area contributed by atoms with E-state index in [1.807, 2.05) is 0 Å². The van der Waals surface area contributed by atoms with Crippen molar-refractivity contribution < 1.29 is 0 Å². The molecule has 0 saturated heterocycles. The Kier molecular flexibility index (Phi) is 4.71. The van der Waals surface area contributed by atoms with Crippen molar-refractivity contribution in [2.75, 3.05) is 6.54 Å². The van der Waals surface area contributed by atoms with Gasteiger partial charge in [0.1, 0.15) is 4.34 Å².